The Labute approximate surface area is 116 Å². The molecule has 0 amide bonds. The van der Waals surface area contributed by atoms with Crippen molar-refractivity contribution in [3.8, 4) is 0 Å². The zero-order chi connectivity index (χ0) is 13.3. The van der Waals surface area contributed by atoms with Crippen molar-refractivity contribution >= 4 is 11.8 Å². The van der Waals surface area contributed by atoms with Crippen molar-refractivity contribution in [2.45, 2.75) is 29.4 Å². The molecule has 1 saturated heterocycles. The molecular weight excluding hydrogens is 265 g/mol. The van der Waals surface area contributed by atoms with Crippen molar-refractivity contribution < 1.29 is 14.2 Å². The van der Waals surface area contributed by atoms with E-state index >= 15 is 0 Å². The van der Waals surface area contributed by atoms with Crippen molar-refractivity contribution in [3.63, 3.8) is 0 Å². The summed E-state index contributed by atoms with van der Waals surface area (Å²) in [5.74, 6) is 0.762. The van der Waals surface area contributed by atoms with Crippen LogP contribution in [-0.4, -0.2) is 36.2 Å². The van der Waals surface area contributed by atoms with E-state index in [1.54, 1.807) is 17.8 Å². The van der Waals surface area contributed by atoms with E-state index in [0.29, 0.717) is 26.2 Å². The molecule has 2 atom stereocenters. The van der Waals surface area contributed by atoms with Crippen molar-refractivity contribution in [2.24, 2.45) is 0 Å². The lowest BCUT2D eigenvalue weighted by Crippen LogP contribution is -2.43. The van der Waals surface area contributed by atoms with Crippen LogP contribution in [0.3, 0.4) is 0 Å². The highest BCUT2D eigenvalue weighted by Gasteiger charge is 2.33. The number of thioether (sulfide) groups is 1. The van der Waals surface area contributed by atoms with Gasteiger partial charge < -0.3 is 15.2 Å². The van der Waals surface area contributed by atoms with Crippen molar-refractivity contribution in [2.75, 3.05) is 25.5 Å². The Morgan fingerprint density at radius 3 is 3.21 bits per heavy atom. The standard InChI is InChI=1S/C14H18FNO2S/c15-11-3-1-2-10-12(4-7-19-13(10)11)16-8-14(17)5-6-18-9-14/h1-3,12,16-17H,4-9H2. The normalized spacial score (nSPS) is 30.3. The van der Waals surface area contributed by atoms with Gasteiger partial charge in [-0.05, 0) is 23.8 Å². The summed E-state index contributed by atoms with van der Waals surface area (Å²) in [5.41, 5.74) is 0.247. The lowest BCUT2D eigenvalue weighted by atomic mass is 10.00. The van der Waals surface area contributed by atoms with Gasteiger partial charge in [-0.3, -0.25) is 0 Å². The molecule has 0 aliphatic carbocycles. The van der Waals surface area contributed by atoms with Gasteiger partial charge in [-0.1, -0.05) is 12.1 Å². The second-order valence-corrected chi connectivity index (χ2v) is 6.36. The van der Waals surface area contributed by atoms with Crippen LogP contribution in [0, 0.1) is 5.82 Å². The van der Waals surface area contributed by atoms with Gasteiger partial charge in [0.25, 0.3) is 0 Å². The Balaban J connectivity index is 1.71. The van der Waals surface area contributed by atoms with Gasteiger partial charge in [0.05, 0.1) is 6.61 Å². The van der Waals surface area contributed by atoms with Crippen LogP contribution in [0.5, 0.6) is 0 Å². The zero-order valence-corrected chi connectivity index (χ0v) is 11.5. The number of fused-ring (bicyclic) bond motifs is 1. The number of nitrogens with one attached hydrogen (secondary N) is 1. The number of aliphatic hydroxyl groups is 1. The first-order chi connectivity index (χ1) is 9.18. The Morgan fingerprint density at radius 1 is 1.53 bits per heavy atom. The van der Waals surface area contributed by atoms with E-state index < -0.39 is 5.60 Å². The Morgan fingerprint density at radius 2 is 2.42 bits per heavy atom. The van der Waals surface area contributed by atoms with Gasteiger partial charge in [-0.2, -0.15) is 0 Å². The molecule has 1 aromatic carbocycles. The lowest BCUT2D eigenvalue weighted by Gasteiger charge is -2.29. The highest BCUT2D eigenvalue weighted by molar-refractivity contribution is 7.99. The van der Waals surface area contributed by atoms with Crippen LogP contribution in [0.25, 0.3) is 0 Å². The largest absolute Gasteiger partial charge is 0.386 e. The third-order valence-electron chi connectivity index (χ3n) is 3.79. The third kappa shape index (κ3) is 2.79. The molecule has 0 radical (unpaired) electrons. The number of rotatable bonds is 3. The van der Waals surface area contributed by atoms with Gasteiger partial charge in [0.2, 0.25) is 0 Å². The maximum absolute atomic E-state index is 13.7. The van der Waals surface area contributed by atoms with Crippen molar-refractivity contribution in [1.82, 2.24) is 5.32 Å². The molecule has 5 heteroatoms. The zero-order valence-electron chi connectivity index (χ0n) is 10.7. The van der Waals surface area contributed by atoms with Crippen LogP contribution in [0.15, 0.2) is 23.1 Å². The van der Waals surface area contributed by atoms with E-state index in [2.05, 4.69) is 5.32 Å². The van der Waals surface area contributed by atoms with Gasteiger partial charge in [-0.25, -0.2) is 4.39 Å². The summed E-state index contributed by atoms with van der Waals surface area (Å²) in [6.07, 6.45) is 1.62. The van der Waals surface area contributed by atoms with Crippen LogP contribution in [0.1, 0.15) is 24.4 Å². The maximum Gasteiger partial charge on any atom is 0.137 e. The fourth-order valence-electron chi connectivity index (χ4n) is 2.65. The first kappa shape index (κ1) is 13.4. The van der Waals surface area contributed by atoms with Crippen molar-refractivity contribution in [3.05, 3.63) is 29.6 Å². The van der Waals surface area contributed by atoms with Crippen LogP contribution in [0.4, 0.5) is 4.39 Å². The van der Waals surface area contributed by atoms with Gasteiger partial charge in [0, 0.05) is 30.5 Å². The number of hydrogen-bond acceptors (Lipinski definition) is 4. The molecule has 3 rings (SSSR count). The second kappa shape index (κ2) is 5.40. The minimum atomic E-state index is -0.766. The number of hydrogen-bond donors (Lipinski definition) is 2. The summed E-state index contributed by atoms with van der Waals surface area (Å²) in [7, 11) is 0. The predicted molar refractivity (Wildman–Crippen MR) is 72.9 cm³/mol. The summed E-state index contributed by atoms with van der Waals surface area (Å²) in [4.78, 5) is 0.751. The summed E-state index contributed by atoms with van der Waals surface area (Å²) in [5, 5.41) is 13.6. The molecule has 2 aliphatic heterocycles. The highest BCUT2D eigenvalue weighted by Crippen LogP contribution is 2.37. The van der Waals surface area contributed by atoms with Gasteiger partial charge >= 0.3 is 0 Å². The van der Waals surface area contributed by atoms with E-state index in [1.165, 1.54) is 6.07 Å². The summed E-state index contributed by atoms with van der Waals surface area (Å²) < 4.78 is 19.0. The molecule has 2 heterocycles. The molecule has 0 saturated carbocycles. The predicted octanol–water partition coefficient (Wildman–Crippen LogP) is 2.10. The minimum Gasteiger partial charge on any atom is -0.386 e. The highest BCUT2D eigenvalue weighted by atomic mass is 32.2. The van der Waals surface area contributed by atoms with E-state index in [0.717, 1.165) is 22.6 Å². The monoisotopic (exact) mass is 283 g/mol. The Kier molecular flexibility index (Phi) is 3.80. The first-order valence-corrected chi connectivity index (χ1v) is 7.61. The summed E-state index contributed by atoms with van der Waals surface area (Å²) in [6, 6.07) is 5.35. The SMILES string of the molecule is OC1(CNC2CCSc3c(F)cccc32)CCOC1. The fraction of sp³-hybridized carbons (Fsp3) is 0.571. The topological polar surface area (TPSA) is 41.5 Å². The first-order valence-electron chi connectivity index (χ1n) is 6.63. The third-order valence-corrected chi connectivity index (χ3v) is 4.94. The molecule has 0 spiro atoms. The van der Waals surface area contributed by atoms with Crippen molar-refractivity contribution in [1.29, 1.82) is 0 Å². The van der Waals surface area contributed by atoms with Crippen LogP contribution < -0.4 is 5.32 Å². The van der Waals surface area contributed by atoms with E-state index in [-0.39, 0.29) is 11.9 Å². The smallest absolute Gasteiger partial charge is 0.137 e. The molecule has 3 nitrogen and oxygen atoms in total. The average Bonchev–Trinajstić information content (AvgIpc) is 2.84. The molecule has 19 heavy (non-hydrogen) atoms. The number of benzene rings is 1. The molecule has 2 aliphatic rings. The minimum absolute atomic E-state index is 0.122. The van der Waals surface area contributed by atoms with Crippen LogP contribution in [-0.2, 0) is 4.74 Å². The van der Waals surface area contributed by atoms with E-state index in [1.807, 2.05) is 6.07 Å². The number of ether oxygens (including phenoxy) is 1. The number of halogens is 1. The average molecular weight is 283 g/mol. The molecule has 0 bridgehead atoms. The van der Waals surface area contributed by atoms with E-state index in [4.69, 9.17) is 4.74 Å². The second-order valence-electron chi connectivity index (χ2n) is 5.26. The molecule has 2 N–H and O–H groups in total. The molecule has 104 valence electrons. The van der Waals surface area contributed by atoms with Crippen LogP contribution >= 0.6 is 11.8 Å². The van der Waals surface area contributed by atoms with Crippen LogP contribution in [0.2, 0.25) is 0 Å². The fourth-order valence-corrected chi connectivity index (χ4v) is 3.79. The molecule has 1 aromatic rings. The van der Waals surface area contributed by atoms with Gasteiger partial charge in [-0.15, -0.1) is 11.8 Å². The molecule has 1 fully saturated rings. The molecule has 0 aromatic heterocycles. The Hall–Kier alpha value is -0.620. The quantitative estimate of drug-likeness (QED) is 0.891. The van der Waals surface area contributed by atoms with E-state index in [9.17, 15) is 9.50 Å². The molecular formula is C14H18FNO2S. The van der Waals surface area contributed by atoms with Gasteiger partial charge in [0.15, 0.2) is 0 Å². The lowest BCUT2D eigenvalue weighted by molar-refractivity contribution is 0.0245. The maximum atomic E-state index is 13.7. The summed E-state index contributed by atoms with van der Waals surface area (Å²) >= 11 is 1.57. The molecule has 2 unspecified atom stereocenters. The summed E-state index contributed by atoms with van der Waals surface area (Å²) in [6.45, 7) is 1.50. The van der Waals surface area contributed by atoms with Gasteiger partial charge in [0.1, 0.15) is 11.4 Å². The Bertz CT molecular complexity index is 463.